The van der Waals surface area contributed by atoms with E-state index in [0.29, 0.717) is 23.7 Å². The Bertz CT molecular complexity index is 771. The largest absolute Gasteiger partial charge is 0.496 e. The minimum absolute atomic E-state index is 0.223. The van der Waals surface area contributed by atoms with Crippen molar-refractivity contribution in [1.82, 2.24) is 0 Å². The SMILES string of the molecule is COC(=O)c1c(CCCCCCCC(C)O)cc(OCc2ccccc2)cc1OC. The van der Waals surface area contributed by atoms with Gasteiger partial charge < -0.3 is 19.3 Å². The van der Waals surface area contributed by atoms with E-state index in [2.05, 4.69) is 0 Å². The van der Waals surface area contributed by atoms with Crippen LogP contribution >= 0.6 is 0 Å². The van der Waals surface area contributed by atoms with Crippen LogP contribution in [0.4, 0.5) is 0 Å². The summed E-state index contributed by atoms with van der Waals surface area (Å²) in [4.78, 5) is 12.4. The highest BCUT2D eigenvalue weighted by atomic mass is 16.5. The van der Waals surface area contributed by atoms with Gasteiger partial charge in [0.1, 0.15) is 23.7 Å². The summed E-state index contributed by atoms with van der Waals surface area (Å²) in [6, 6.07) is 13.6. The van der Waals surface area contributed by atoms with Crippen molar-refractivity contribution < 1.29 is 24.1 Å². The highest BCUT2D eigenvalue weighted by molar-refractivity contribution is 5.94. The molecule has 0 aliphatic heterocycles. The standard InChI is InChI=1S/C25H34O5/c1-19(26)12-8-5-4-6-11-15-21-16-22(30-18-20-13-9-7-10-14-20)17-23(28-2)24(21)25(27)29-3/h7,9-10,13-14,16-17,19,26H,4-6,8,11-12,15,18H2,1-3H3. The Balaban J connectivity index is 2.05. The summed E-state index contributed by atoms with van der Waals surface area (Å²) in [5.74, 6) is 0.753. The molecule has 5 nitrogen and oxygen atoms in total. The summed E-state index contributed by atoms with van der Waals surface area (Å²) in [5, 5.41) is 9.33. The third-order valence-electron chi connectivity index (χ3n) is 5.08. The predicted octanol–water partition coefficient (Wildman–Crippen LogP) is 5.32. The van der Waals surface area contributed by atoms with E-state index in [-0.39, 0.29) is 6.10 Å². The fourth-order valence-electron chi connectivity index (χ4n) is 3.45. The minimum atomic E-state index is -0.395. The highest BCUT2D eigenvalue weighted by Gasteiger charge is 2.20. The summed E-state index contributed by atoms with van der Waals surface area (Å²) >= 11 is 0. The lowest BCUT2D eigenvalue weighted by molar-refractivity contribution is 0.0595. The van der Waals surface area contributed by atoms with Gasteiger partial charge in [-0.3, -0.25) is 0 Å². The lowest BCUT2D eigenvalue weighted by atomic mass is 9.98. The molecule has 164 valence electrons. The smallest absolute Gasteiger partial charge is 0.341 e. The van der Waals surface area contributed by atoms with Crippen molar-refractivity contribution in [3.05, 3.63) is 59.2 Å². The molecule has 0 fully saturated rings. The van der Waals surface area contributed by atoms with Crippen molar-refractivity contribution >= 4 is 5.97 Å². The molecule has 0 aromatic heterocycles. The number of unbranched alkanes of at least 4 members (excludes halogenated alkanes) is 4. The first-order chi connectivity index (χ1) is 14.5. The lowest BCUT2D eigenvalue weighted by Crippen LogP contribution is -2.09. The molecule has 30 heavy (non-hydrogen) atoms. The van der Waals surface area contributed by atoms with Crippen molar-refractivity contribution in [1.29, 1.82) is 0 Å². The van der Waals surface area contributed by atoms with E-state index in [1.165, 1.54) is 7.11 Å². The number of aliphatic hydroxyl groups excluding tert-OH is 1. The molecule has 0 aliphatic rings. The number of carbonyl (C=O) groups excluding carboxylic acids is 1. The number of carbonyl (C=O) groups is 1. The molecule has 1 unspecified atom stereocenters. The third kappa shape index (κ3) is 7.71. The van der Waals surface area contributed by atoms with Gasteiger partial charge in [-0.25, -0.2) is 4.79 Å². The van der Waals surface area contributed by atoms with Crippen LogP contribution in [0.1, 0.15) is 66.9 Å². The zero-order chi connectivity index (χ0) is 21.8. The van der Waals surface area contributed by atoms with E-state index in [0.717, 1.165) is 56.1 Å². The lowest BCUT2D eigenvalue weighted by Gasteiger charge is -2.16. The van der Waals surface area contributed by atoms with E-state index in [9.17, 15) is 9.90 Å². The van der Waals surface area contributed by atoms with E-state index in [1.54, 1.807) is 13.2 Å². The van der Waals surface area contributed by atoms with Gasteiger partial charge in [0.05, 0.1) is 20.3 Å². The van der Waals surface area contributed by atoms with Crippen LogP contribution in [0.25, 0.3) is 0 Å². The Morgan fingerprint density at radius 3 is 2.37 bits per heavy atom. The topological polar surface area (TPSA) is 65.0 Å². The number of aliphatic hydroxyl groups is 1. The molecule has 0 heterocycles. The average Bonchev–Trinajstić information content (AvgIpc) is 2.76. The number of aryl methyl sites for hydroxylation is 1. The van der Waals surface area contributed by atoms with Gasteiger partial charge in [0.15, 0.2) is 0 Å². The molecule has 0 radical (unpaired) electrons. The van der Waals surface area contributed by atoms with Gasteiger partial charge in [-0.2, -0.15) is 0 Å². The van der Waals surface area contributed by atoms with Crippen molar-refractivity contribution in [2.45, 2.75) is 64.6 Å². The molecule has 2 rings (SSSR count). The fourth-order valence-corrected chi connectivity index (χ4v) is 3.45. The van der Waals surface area contributed by atoms with Gasteiger partial charge in [-0.15, -0.1) is 0 Å². The molecule has 0 saturated heterocycles. The summed E-state index contributed by atoms with van der Waals surface area (Å²) in [6.07, 6.45) is 6.67. The van der Waals surface area contributed by atoms with Crippen LogP contribution in [0, 0.1) is 0 Å². The molecule has 5 heteroatoms. The van der Waals surface area contributed by atoms with Gasteiger partial charge in [-0.1, -0.05) is 56.0 Å². The molecule has 0 spiro atoms. The summed E-state index contributed by atoms with van der Waals surface area (Å²) < 4.78 is 16.4. The van der Waals surface area contributed by atoms with Crippen LogP contribution in [0.15, 0.2) is 42.5 Å². The van der Waals surface area contributed by atoms with Crippen LogP contribution < -0.4 is 9.47 Å². The molecule has 2 aromatic carbocycles. The summed E-state index contributed by atoms with van der Waals surface area (Å²) in [6.45, 7) is 2.28. The first-order valence-corrected chi connectivity index (χ1v) is 10.7. The van der Waals surface area contributed by atoms with Crippen LogP contribution in [-0.2, 0) is 17.8 Å². The van der Waals surface area contributed by atoms with Crippen molar-refractivity contribution in [2.24, 2.45) is 0 Å². The number of ether oxygens (including phenoxy) is 3. The number of methoxy groups -OCH3 is 2. The molecular weight excluding hydrogens is 380 g/mol. The second-order valence-electron chi connectivity index (χ2n) is 7.58. The van der Waals surface area contributed by atoms with Crippen molar-refractivity contribution in [2.75, 3.05) is 14.2 Å². The minimum Gasteiger partial charge on any atom is -0.496 e. The maximum atomic E-state index is 12.4. The molecule has 1 atom stereocenters. The van der Waals surface area contributed by atoms with Gasteiger partial charge in [0.25, 0.3) is 0 Å². The second kappa shape index (κ2) is 12.9. The Kier molecular flexibility index (Phi) is 10.2. The normalized spacial score (nSPS) is 11.7. The van der Waals surface area contributed by atoms with E-state index >= 15 is 0 Å². The Morgan fingerprint density at radius 2 is 1.70 bits per heavy atom. The molecule has 1 N–H and O–H groups in total. The van der Waals surface area contributed by atoms with E-state index in [4.69, 9.17) is 14.2 Å². The monoisotopic (exact) mass is 414 g/mol. The van der Waals surface area contributed by atoms with Crippen LogP contribution in [0.3, 0.4) is 0 Å². The van der Waals surface area contributed by atoms with Gasteiger partial charge in [0, 0.05) is 6.07 Å². The number of benzene rings is 2. The number of esters is 1. The van der Waals surface area contributed by atoms with E-state index < -0.39 is 5.97 Å². The maximum Gasteiger partial charge on any atom is 0.341 e. The summed E-state index contributed by atoms with van der Waals surface area (Å²) in [7, 11) is 2.93. The maximum absolute atomic E-state index is 12.4. The zero-order valence-electron chi connectivity index (χ0n) is 18.4. The highest BCUT2D eigenvalue weighted by Crippen LogP contribution is 2.31. The first kappa shape index (κ1) is 23.7. The van der Waals surface area contributed by atoms with Crippen LogP contribution in [-0.4, -0.2) is 31.4 Å². The quantitative estimate of drug-likeness (QED) is 0.355. The van der Waals surface area contributed by atoms with Gasteiger partial charge in [-0.05, 0) is 43.4 Å². The molecule has 0 bridgehead atoms. The molecule has 0 aliphatic carbocycles. The van der Waals surface area contributed by atoms with Crippen molar-refractivity contribution in [3.8, 4) is 11.5 Å². The Labute approximate surface area is 180 Å². The first-order valence-electron chi connectivity index (χ1n) is 10.7. The van der Waals surface area contributed by atoms with Crippen LogP contribution in [0.5, 0.6) is 11.5 Å². The van der Waals surface area contributed by atoms with Gasteiger partial charge in [0.2, 0.25) is 0 Å². The number of hydrogen-bond acceptors (Lipinski definition) is 5. The van der Waals surface area contributed by atoms with Crippen LogP contribution in [0.2, 0.25) is 0 Å². The fraction of sp³-hybridized carbons (Fsp3) is 0.480. The number of hydrogen-bond donors (Lipinski definition) is 1. The molecular formula is C25H34O5. The predicted molar refractivity (Wildman–Crippen MR) is 118 cm³/mol. The van der Waals surface area contributed by atoms with Crippen molar-refractivity contribution in [3.63, 3.8) is 0 Å². The zero-order valence-corrected chi connectivity index (χ0v) is 18.4. The van der Waals surface area contributed by atoms with Gasteiger partial charge >= 0.3 is 5.97 Å². The average molecular weight is 415 g/mol. The third-order valence-corrected chi connectivity index (χ3v) is 5.08. The summed E-state index contributed by atoms with van der Waals surface area (Å²) in [5.41, 5.74) is 2.43. The molecule has 2 aromatic rings. The molecule has 0 amide bonds. The Morgan fingerprint density at radius 1 is 1.00 bits per heavy atom. The Hall–Kier alpha value is -2.53. The van der Waals surface area contributed by atoms with E-state index in [1.807, 2.05) is 43.3 Å². The second-order valence-corrected chi connectivity index (χ2v) is 7.58. The number of rotatable bonds is 13. The molecule has 0 saturated carbocycles.